The van der Waals surface area contributed by atoms with Gasteiger partial charge in [-0.05, 0) is 45.6 Å². The van der Waals surface area contributed by atoms with E-state index in [2.05, 4.69) is 23.0 Å². The monoisotopic (exact) mass is 343 g/mol. The number of fused-ring (bicyclic) bond motifs is 1. The van der Waals surface area contributed by atoms with E-state index in [-0.39, 0.29) is 6.09 Å². The molecule has 2 aromatic rings. The van der Waals surface area contributed by atoms with Gasteiger partial charge >= 0.3 is 6.09 Å². The van der Waals surface area contributed by atoms with Crippen molar-refractivity contribution in [2.24, 2.45) is 5.92 Å². The van der Waals surface area contributed by atoms with E-state index in [1.807, 2.05) is 25.3 Å². The van der Waals surface area contributed by atoms with Gasteiger partial charge in [0.25, 0.3) is 0 Å². The average molecular weight is 343 g/mol. The van der Waals surface area contributed by atoms with Gasteiger partial charge in [0.15, 0.2) is 13.1 Å². The number of nitrogens with two attached hydrogens (primary N) is 1. The second kappa shape index (κ2) is 6.57. The Morgan fingerprint density at radius 1 is 1.48 bits per heavy atom. The summed E-state index contributed by atoms with van der Waals surface area (Å²) in [6.07, 6.45) is 3.09. The molecule has 1 saturated heterocycles. The zero-order chi connectivity index (χ0) is 18.2. The minimum atomic E-state index is -0.461. The summed E-state index contributed by atoms with van der Waals surface area (Å²) in [6, 6.07) is 2.16. The zero-order valence-electron chi connectivity index (χ0n) is 15.5. The summed E-state index contributed by atoms with van der Waals surface area (Å²) >= 11 is 0. The predicted octanol–water partition coefficient (Wildman–Crippen LogP) is 1.22. The number of rotatable bonds is 3. The molecule has 1 amide bonds. The van der Waals surface area contributed by atoms with Gasteiger partial charge in [-0.1, -0.05) is 12.3 Å². The molecule has 134 valence electrons. The number of hydrogen-bond donors (Lipinski definition) is 1. The SMILES string of the molecule is CBc1cc(CC2CCN(C(=O)OC(C)(C)C)C2)n2ncnc(N)c12. The number of aromatic nitrogens is 3. The highest BCUT2D eigenvalue weighted by atomic mass is 16.6. The summed E-state index contributed by atoms with van der Waals surface area (Å²) in [5, 5.41) is 4.38. The van der Waals surface area contributed by atoms with Gasteiger partial charge in [0, 0.05) is 18.8 Å². The second-order valence-electron chi connectivity index (χ2n) is 7.71. The molecule has 3 rings (SSSR count). The van der Waals surface area contributed by atoms with E-state index in [0.717, 1.165) is 43.3 Å². The van der Waals surface area contributed by atoms with Crippen LogP contribution in [0.15, 0.2) is 12.4 Å². The fraction of sp³-hybridized carbons (Fsp3) is 0.588. The summed E-state index contributed by atoms with van der Waals surface area (Å²) < 4.78 is 7.37. The summed E-state index contributed by atoms with van der Waals surface area (Å²) in [6.45, 7) is 9.22. The number of hydrogen-bond acceptors (Lipinski definition) is 5. The number of anilines is 1. The standard InChI is InChI=1S/C17H26BN5O2/c1-17(2,3)25-16(24)22-6-5-11(9-22)7-12-8-13(18-4)14-15(19)20-10-21-23(12)14/h8,10-11,18H,5-7,9H2,1-4H3,(H2,19,20,21). The Balaban J connectivity index is 1.73. The number of likely N-dealkylation sites (tertiary alicyclic amines) is 1. The fourth-order valence-corrected chi connectivity index (χ4v) is 3.42. The van der Waals surface area contributed by atoms with Crippen LogP contribution in [0, 0.1) is 5.92 Å². The van der Waals surface area contributed by atoms with Gasteiger partial charge in [-0.15, -0.1) is 0 Å². The third-order valence-electron chi connectivity index (χ3n) is 4.55. The highest BCUT2D eigenvalue weighted by Gasteiger charge is 2.30. The first kappa shape index (κ1) is 17.6. The topological polar surface area (TPSA) is 85.8 Å². The lowest BCUT2D eigenvalue weighted by Crippen LogP contribution is -2.35. The smallest absolute Gasteiger partial charge is 0.410 e. The number of carbonyl (C=O) groups excluding carboxylic acids is 1. The van der Waals surface area contributed by atoms with Gasteiger partial charge < -0.3 is 15.4 Å². The quantitative estimate of drug-likeness (QED) is 0.847. The van der Waals surface area contributed by atoms with Crippen molar-refractivity contribution in [3.05, 3.63) is 18.1 Å². The summed E-state index contributed by atoms with van der Waals surface area (Å²) in [4.78, 5) is 18.1. The van der Waals surface area contributed by atoms with E-state index < -0.39 is 5.60 Å². The normalized spacial score (nSPS) is 17.9. The van der Waals surface area contributed by atoms with Gasteiger partial charge in [-0.3, -0.25) is 0 Å². The number of nitrogen functional groups attached to an aromatic ring is 1. The van der Waals surface area contributed by atoms with Crippen LogP contribution in [0.4, 0.5) is 10.6 Å². The van der Waals surface area contributed by atoms with Crippen molar-refractivity contribution < 1.29 is 9.53 Å². The second-order valence-corrected chi connectivity index (χ2v) is 7.71. The lowest BCUT2D eigenvalue weighted by Gasteiger charge is -2.24. The number of nitrogens with zero attached hydrogens (tertiary/aromatic N) is 4. The molecule has 0 aliphatic carbocycles. The summed E-state index contributed by atoms with van der Waals surface area (Å²) in [5.41, 5.74) is 8.76. The molecule has 0 aromatic carbocycles. The third kappa shape index (κ3) is 3.72. The Morgan fingerprint density at radius 2 is 2.24 bits per heavy atom. The van der Waals surface area contributed by atoms with E-state index in [1.54, 1.807) is 4.90 Å². The molecular formula is C17H26BN5O2. The van der Waals surface area contributed by atoms with Crippen LogP contribution in [-0.2, 0) is 11.2 Å². The van der Waals surface area contributed by atoms with E-state index in [4.69, 9.17) is 10.5 Å². The van der Waals surface area contributed by atoms with Crippen LogP contribution in [0.2, 0.25) is 6.82 Å². The Morgan fingerprint density at radius 3 is 2.92 bits per heavy atom. The molecule has 0 bridgehead atoms. The molecule has 2 aromatic heterocycles. The molecule has 1 unspecified atom stereocenters. The number of ether oxygens (including phenoxy) is 1. The lowest BCUT2D eigenvalue weighted by atomic mass is 9.73. The van der Waals surface area contributed by atoms with E-state index in [1.165, 1.54) is 6.33 Å². The van der Waals surface area contributed by atoms with Gasteiger partial charge in [0.2, 0.25) is 0 Å². The molecule has 1 fully saturated rings. The van der Waals surface area contributed by atoms with Crippen LogP contribution >= 0.6 is 0 Å². The van der Waals surface area contributed by atoms with E-state index in [9.17, 15) is 4.79 Å². The highest BCUT2D eigenvalue weighted by Crippen LogP contribution is 2.23. The van der Waals surface area contributed by atoms with Gasteiger partial charge in [0.1, 0.15) is 17.4 Å². The minimum Gasteiger partial charge on any atom is -0.444 e. The maximum atomic E-state index is 12.2. The number of carbonyl (C=O) groups is 1. The third-order valence-corrected chi connectivity index (χ3v) is 4.55. The molecule has 0 spiro atoms. The van der Waals surface area contributed by atoms with Crippen molar-refractivity contribution in [1.82, 2.24) is 19.5 Å². The fourth-order valence-electron chi connectivity index (χ4n) is 3.42. The van der Waals surface area contributed by atoms with Gasteiger partial charge in [0.05, 0.1) is 0 Å². The molecule has 8 heteroatoms. The molecule has 3 heterocycles. The summed E-state index contributed by atoms with van der Waals surface area (Å²) in [7, 11) is 0.885. The van der Waals surface area contributed by atoms with Crippen LogP contribution < -0.4 is 11.2 Å². The van der Waals surface area contributed by atoms with Crippen molar-refractivity contribution in [2.75, 3.05) is 18.8 Å². The first-order chi connectivity index (χ1) is 11.8. The molecule has 7 nitrogen and oxygen atoms in total. The highest BCUT2D eigenvalue weighted by molar-refractivity contribution is 6.55. The van der Waals surface area contributed by atoms with Crippen LogP contribution in [0.3, 0.4) is 0 Å². The van der Waals surface area contributed by atoms with Gasteiger partial charge in [-0.25, -0.2) is 14.3 Å². The van der Waals surface area contributed by atoms with Crippen molar-refractivity contribution in [2.45, 2.75) is 46.0 Å². The van der Waals surface area contributed by atoms with Crippen molar-refractivity contribution in [3.63, 3.8) is 0 Å². The molecule has 2 N–H and O–H groups in total. The van der Waals surface area contributed by atoms with Crippen molar-refractivity contribution >= 4 is 30.2 Å². The van der Waals surface area contributed by atoms with Crippen LogP contribution in [0.25, 0.3) is 5.52 Å². The molecule has 1 aliphatic heterocycles. The number of amides is 1. The largest absolute Gasteiger partial charge is 0.444 e. The maximum absolute atomic E-state index is 12.2. The first-order valence-corrected chi connectivity index (χ1v) is 8.86. The van der Waals surface area contributed by atoms with Crippen molar-refractivity contribution in [3.8, 4) is 0 Å². The summed E-state index contributed by atoms with van der Waals surface area (Å²) in [5.74, 6) is 0.909. The van der Waals surface area contributed by atoms with E-state index in [0.29, 0.717) is 18.3 Å². The van der Waals surface area contributed by atoms with Crippen molar-refractivity contribution in [1.29, 1.82) is 0 Å². The molecule has 0 saturated carbocycles. The van der Waals surface area contributed by atoms with Crippen LogP contribution in [-0.4, -0.2) is 51.6 Å². The average Bonchev–Trinajstić information content (AvgIpc) is 3.12. The van der Waals surface area contributed by atoms with Crippen LogP contribution in [0.5, 0.6) is 0 Å². The van der Waals surface area contributed by atoms with Gasteiger partial charge in [-0.2, -0.15) is 5.10 Å². The lowest BCUT2D eigenvalue weighted by molar-refractivity contribution is 0.0288. The van der Waals surface area contributed by atoms with E-state index >= 15 is 0 Å². The molecular weight excluding hydrogens is 317 g/mol. The molecule has 1 atom stereocenters. The Hall–Kier alpha value is -2.25. The minimum absolute atomic E-state index is 0.226. The molecule has 1 aliphatic rings. The Labute approximate surface area is 148 Å². The molecule has 0 radical (unpaired) electrons. The van der Waals surface area contributed by atoms with Crippen LogP contribution in [0.1, 0.15) is 32.9 Å². The predicted molar refractivity (Wildman–Crippen MR) is 99.7 cm³/mol. The zero-order valence-corrected chi connectivity index (χ0v) is 15.5. The maximum Gasteiger partial charge on any atom is 0.410 e. The Bertz CT molecular complexity index is 783. The Kier molecular flexibility index (Phi) is 4.62. The molecule has 25 heavy (non-hydrogen) atoms. The first-order valence-electron chi connectivity index (χ1n) is 8.86.